The Morgan fingerprint density at radius 2 is 0.898 bits per heavy atom. The van der Waals surface area contributed by atoms with Crippen molar-refractivity contribution in [1.82, 2.24) is 9.80 Å². The Kier molecular flexibility index (Phi) is 12.5. The summed E-state index contributed by atoms with van der Waals surface area (Å²) in [6.07, 6.45) is 8.85. The van der Waals surface area contributed by atoms with Gasteiger partial charge >= 0.3 is 11.9 Å². The number of nitrogens with zero attached hydrogens (tertiary/aromatic N) is 2. The summed E-state index contributed by atoms with van der Waals surface area (Å²) in [6.45, 7) is 23.2. The first-order valence-corrected chi connectivity index (χ1v) is 19.0. The number of carbonyl (C=O) groups is 2. The van der Waals surface area contributed by atoms with Gasteiger partial charge in [0, 0.05) is 34.2 Å². The van der Waals surface area contributed by atoms with Crippen LogP contribution in [0.5, 0.6) is 0 Å². The van der Waals surface area contributed by atoms with Crippen LogP contribution < -0.4 is 0 Å². The third-order valence-corrected chi connectivity index (χ3v) is 11.7. The van der Waals surface area contributed by atoms with Crippen LogP contribution in [0.15, 0.2) is 60.7 Å². The van der Waals surface area contributed by atoms with Crippen LogP contribution in [0, 0.1) is 5.41 Å². The molecule has 2 aromatic rings. The Morgan fingerprint density at radius 3 is 1.18 bits per heavy atom. The van der Waals surface area contributed by atoms with Crippen LogP contribution >= 0.6 is 0 Å². The number of hydrogen-bond acceptors (Lipinski definition) is 6. The van der Waals surface area contributed by atoms with E-state index < -0.39 is 17.4 Å². The zero-order chi connectivity index (χ0) is 36.1. The molecular formula is C43H66N2O4. The standard InChI is InChI=1S/C43H66N2O4/c1-11-35(44-39(3,4)25-19-26-40(44,5)6)31-48-37(46)43(29-33-21-15-13-16-22-33,30-34-23-17-14-18-24-34)38(47)49-32-36(12-2)45-41(7,8)27-20-28-42(45,9)10/h13-18,21-24,35-36H,11-12,19-20,25-32H2,1-10H3. The lowest BCUT2D eigenvalue weighted by atomic mass is 9.76. The minimum Gasteiger partial charge on any atom is -0.463 e. The lowest BCUT2D eigenvalue weighted by Gasteiger charge is -2.56. The predicted octanol–water partition coefficient (Wildman–Crippen LogP) is 9.19. The highest BCUT2D eigenvalue weighted by Crippen LogP contribution is 2.42. The molecule has 2 aliphatic rings. The molecule has 2 atom stereocenters. The fourth-order valence-corrected chi connectivity index (χ4v) is 9.70. The Hall–Kier alpha value is -2.70. The number of rotatable bonds is 14. The second kappa shape index (κ2) is 15.7. The van der Waals surface area contributed by atoms with Gasteiger partial charge < -0.3 is 9.47 Å². The van der Waals surface area contributed by atoms with Crippen molar-refractivity contribution in [2.45, 2.75) is 168 Å². The Morgan fingerprint density at radius 1 is 0.592 bits per heavy atom. The van der Waals surface area contributed by atoms with Gasteiger partial charge in [-0.1, -0.05) is 74.5 Å². The van der Waals surface area contributed by atoms with E-state index in [9.17, 15) is 9.59 Å². The number of esters is 2. The van der Waals surface area contributed by atoms with E-state index in [2.05, 4.69) is 79.0 Å². The zero-order valence-corrected chi connectivity index (χ0v) is 32.4. The molecule has 0 saturated carbocycles. The second-order valence-corrected chi connectivity index (χ2v) is 17.4. The molecule has 0 aliphatic carbocycles. The summed E-state index contributed by atoms with van der Waals surface area (Å²) >= 11 is 0. The van der Waals surface area contributed by atoms with Crippen LogP contribution in [0.2, 0.25) is 0 Å². The molecular weight excluding hydrogens is 608 g/mol. The molecule has 2 saturated heterocycles. The minimum atomic E-state index is -1.54. The average molecular weight is 675 g/mol. The van der Waals surface area contributed by atoms with Gasteiger partial charge in [-0.15, -0.1) is 0 Å². The fraction of sp³-hybridized carbons (Fsp3) is 0.674. The van der Waals surface area contributed by atoms with E-state index in [1.165, 1.54) is 12.8 Å². The summed E-state index contributed by atoms with van der Waals surface area (Å²) in [6, 6.07) is 19.8. The van der Waals surface area contributed by atoms with Crippen molar-refractivity contribution in [2.75, 3.05) is 13.2 Å². The molecule has 6 nitrogen and oxygen atoms in total. The number of ether oxygens (including phenoxy) is 2. The minimum absolute atomic E-state index is 0.0237. The van der Waals surface area contributed by atoms with Gasteiger partial charge in [0.05, 0.1) is 0 Å². The van der Waals surface area contributed by atoms with Gasteiger partial charge in [0.2, 0.25) is 0 Å². The van der Waals surface area contributed by atoms with Crippen LogP contribution in [-0.4, -0.2) is 69.2 Å². The van der Waals surface area contributed by atoms with Crippen molar-refractivity contribution in [3.8, 4) is 0 Å². The summed E-state index contributed by atoms with van der Waals surface area (Å²) in [5, 5.41) is 0. The lowest BCUT2D eigenvalue weighted by molar-refractivity contribution is -0.178. The molecule has 0 N–H and O–H groups in total. The van der Waals surface area contributed by atoms with Crippen LogP contribution in [-0.2, 0) is 31.9 Å². The van der Waals surface area contributed by atoms with E-state index in [-0.39, 0.29) is 60.3 Å². The maximum Gasteiger partial charge on any atom is 0.324 e. The van der Waals surface area contributed by atoms with E-state index in [1.807, 2.05) is 60.7 Å². The molecule has 2 heterocycles. The Bertz CT molecular complexity index is 1230. The third kappa shape index (κ3) is 8.97. The maximum absolute atomic E-state index is 14.8. The van der Waals surface area contributed by atoms with Crippen molar-refractivity contribution >= 4 is 11.9 Å². The van der Waals surface area contributed by atoms with E-state index in [0.717, 1.165) is 49.7 Å². The average Bonchev–Trinajstić information content (AvgIpc) is 3.03. The number of hydrogen-bond donors (Lipinski definition) is 0. The SMILES string of the molecule is CCC(COC(=O)C(Cc1ccccc1)(Cc1ccccc1)C(=O)OCC(CC)N1C(C)(C)CCCC1(C)C)N1C(C)(C)CCCC1(C)C. The highest BCUT2D eigenvalue weighted by Gasteiger charge is 2.52. The molecule has 272 valence electrons. The molecule has 2 fully saturated rings. The summed E-state index contributed by atoms with van der Waals surface area (Å²) in [5.41, 5.74) is 0.174. The quantitative estimate of drug-likeness (QED) is 0.147. The first-order valence-electron chi connectivity index (χ1n) is 19.0. The molecule has 0 bridgehead atoms. The van der Waals surface area contributed by atoms with Crippen molar-refractivity contribution in [3.63, 3.8) is 0 Å². The Labute approximate surface area is 298 Å². The van der Waals surface area contributed by atoms with Crippen molar-refractivity contribution in [1.29, 1.82) is 0 Å². The molecule has 0 aromatic heterocycles. The first kappa shape index (κ1) is 39.1. The van der Waals surface area contributed by atoms with E-state index >= 15 is 0 Å². The monoisotopic (exact) mass is 675 g/mol. The lowest BCUT2D eigenvalue weighted by Crippen LogP contribution is -2.63. The number of benzene rings is 2. The van der Waals surface area contributed by atoms with Crippen molar-refractivity contribution in [3.05, 3.63) is 71.8 Å². The highest BCUT2D eigenvalue weighted by atomic mass is 16.6. The van der Waals surface area contributed by atoms with E-state index in [4.69, 9.17) is 9.47 Å². The molecule has 2 unspecified atom stereocenters. The normalized spacial score (nSPS) is 21.8. The number of carbonyl (C=O) groups excluding carboxylic acids is 2. The van der Waals surface area contributed by atoms with Gasteiger partial charge in [-0.25, -0.2) is 0 Å². The van der Waals surface area contributed by atoms with Gasteiger partial charge in [-0.2, -0.15) is 0 Å². The molecule has 6 heteroatoms. The van der Waals surface area contributed by atoms with E-state index in [1.54, 1.807) is 0 Å². The third-order valence-electron chi connectivity index (χ3n) is 11.7. The zero-order valence-electron chi connectivity index (χ0n) is 32.4. The number of likely N-dealkylation sites (tertiary alicyclic amines) is 2. The summed E-state index contributed by atoms with van der Waals surface area (Å²) in [5.74, 6) is -0.995. The summed E-state index contributed by atoms with van der Waals surface area (Å²) in [4.78, 5) is 34.8. The molecule has 0 radical (unpaired) electrons. The van der Waals surface area contributed by atoms with Crippen molar-refractivity contribution in [2.24, 2.45) is 5.41 Å². The molecule has 2 aromatic carbocycles. The van der Waals surface area contributed by atoms with Crippen molar-refractivity contribution < 1.29 is 19.1 Å². The van der Waals surface area contributed by atoms with Crippen LogP contribution in [0.4, 0.5) is 0 Å². The smallest absolute Gasteiger partial charge is 0.324 e. The molecule has 0 amide bonds. The second-order valence-electron chi connectivity index (χ2n) is 17.4. The molecule has 2 aliphatic heterocycles. The molecule has 49 heavy (non-hydrogen) atoms. The first-order chi connectivity index (χ1) is 23.0. The fourth-order valence-electron chi connectivity index (χ4n) is 9.70. The van der Waals surface area contributed by atoms with Gasteiger partial charge in [0.1, 0.15) is 13.2 Å². The van der Waals surface area contributed by atoms with E-state index in [0.29, 0.717) is 0 Å². The maximum atomic E-state index is 14.8. The molecule has 0 spiro atoms. The molecule has 4 rings (SSSR count). The number of piperidine rings is 2. The topological polar surface area (TPSA) is 59.1 Å². The van der Waals surface area contributed by atoms with Crippen LogP contribution in [0.25, 0.3) is 0 Å². The Balaban J connectivity index is 1.70. The van der Waals surface area contributed by atoms with Gasteiger partial charge in [-0.3, -0.25) is 19.4 Å². The predicted molar refractivity (Wildman–Crippen MR) is 200 cm³/mol. The van der Waals surface area contributed by atoms with Gasteiger partial charge in [-0.05, 0) is 131 Å². The van der Waals surface area contributed by atoms with Crippen LogP contribution in [0.1, 0.15) is 132 Å². The van der Waals surface area contributed by atoms with Crippen LogP contribution in [0.3, 0.4) is 0 Å². The largest absolute Gasteiger partial charge is 0.463 e. The summed E-state index contributed by atoms with van der Waals surface area (Å²) < 4.78 is 12.8. The van der Waals surface area contributed by atoms with Gasteiger partial charge in [0.25, 0.3) is 0 Å². The van der Waals surface area contributed by atoms with Gasteiger partial charge in [0.15, 0.2) is 5.41 Å². The highest BCUT2D eigenvalue weighted by molar-refractivity contribution is 6.00. The summed E-state index contributed by atoms with van der Waals surface area (Å²) in [7, 11) is 0.